The van der Waals surface area contributed by atoms with Crippen LogP contribution in [-0.4, -0.2) is 217 Å². The molecule has 0 unspecified atom stereocenters. The minimum Gasteiger partial charge on any atom is -0.478 e. The third-order valence-electron chi connectivity index (χ3n) is 17.0. The van der Waals surface area contributed by atoms with Gasteiger partial charge in [0.15, 0.2) is 32.5 Å². The fourth-order valence-electron chi connectivity index (χ4n) is 12.1. The number of halogens is 5. The number of amidine groups is 3. The van der Waals surface area contributed by atoms with E-state index >= 15 is 0 Å². The maximum Gasteiger partial charge on any atom is 0.338 e. The molecule has 564 valence electrons. The van der Waals surface area contributed by atoms with Crippen molar-refractivity contribution >= 4 is 111 Å². The number of aromatic nitrogens is 3. The van der Waals surface area contributed by atoms with Crippen LogP contribution in [-0.2, 0) is 57.2 Å². The van der Waals surface area contributed by atoms with Gasteiger partial charge in [0.25, 0.3) is 0 Å². The molecule has 9 heterocycles. The summed E-state index contributed by atoms with van der Waals surface area (Å²) in [4.78, 5) is 106. The second-order valence-electron chi connectivity index (χ2n) is 24.5. The summed E-state index contributed by atoms with van der Waals surface area (Å²) in [5.74, 6) is -4.87. The highest BCUT2D eigenvalue weighted by Crippen LogP contribution is 2.40. The van der Waals surface area contributed by atoms with Crippen molar-refractivity contribution in [1.82, 2.24) is 45.6 Å². The van der Waals surface area contributed by atoms with E-state index in [9.17, 15) is 41.9 Å². The van der Waals surface area contributed by atoms with Gasteiger partial charge in [0.2, 0.25) is 0 Å². The quantitative estimate of drug-likeness (QED) is 0.0223. The molecule has 3 fully saturated rings. The van der Waals surface area contributed by atoms with Crippen molar-refractivity contribution in [3.8, 4) is 0 Å². The average Bonchev–Trinajstić information content (AvgIpc) is 1.78. The van der Waals surface area contributed by atoms with Crippen LogP contribution in [0.2, 0.25) is 10.0 Å². The number of rotatable bonds is 21. The number of ether oxygens (including phenoxy) is 6. The highest BCUT2D eigenvalue weighted by atomic mass is 35.5. The molecule has 0 radical (unpaired) electrons. The highest BCUT2D eigenvalue weighted by molar-refractivity contribution is 7.12. The summed E-state index contributed by atoms with van der Waals surface area (Å²) >= 11 is 17.0. The fraction of sp³-hybridized carbons (Fsp3) is 0.333. The van der Waals surface area contributed by atoms with Gasteiger partial charge in [0.1, 0.15) is 35.6 Å². The number of nitrogens with zero attached hydrogens (tertiary/aromatic N) is 9. The molecular weight excluding hydrogens is 1500 g/mol. The second-order valence-corrected chi connectivity index (χ2v) is 27.9. The largest absolute Gasteiger partial charge is 0.478 e. The molecule has 0 spiro atoms. The van der Waals surface area contributed by atoms with E-state index in [1.54, 1.807) is 19.2 Å². The number of carboxylic acids is 3. The van der Waals surface area contributed by atoms with Gasteiger partial charge in [0.05, 0.1) is 76.2 Å². The Balaban J connectivity index is 0.000000172. The van der Waals surface area contributed by atoms with E-state index in [2.05, 4.69) is 35.8 Å². The van der Waals surface area contributed by atoms with E-state index in [1.165, 1.54) is 122 Å². The van der Waals surface area contributed by atoms with E-state index in [0.717, 1.165) is 29.6 Å². The number of methoxy groups -OCH3 is 3. The molecule has 0 aliphatic carbocycles. The van der Waals surface area contributed by atoms with Gasteiger partial charge in [-0.3, -0.25) is 29.7 Å². The Morgan fingerprint density at radius 2 is 0.869 bits per heavy atom. The minimum atomic E-state index is -1.06. The number of carbonyl (C=O) groups excluding carboxylic acids is 3. The van der Waals surface area contributed by atoms with Gasteiger partial charge in [-0.05, 0) is 86.5 Å². The molecule has 3 aromatic heterocycles. The number of aliphatic imine (C=N–C) groups is 3. The van der Waals surface area contributed by atoms with Gasteiger partial charge in [0, 0.05) is 149 Å². The van der Waals surface area contributed by atoms with Gasteiger partial charge < -0.3 is 59.7 Å². The SMILES string of the molecule is COC(=O)C1=C(CN2CCO[C@H](/C=C/C(=O)O)C2)NC(c2nc(C)cs2)=N[C@H]1c1ccc(F)cc1Cl.COC(=O)C1=C(CN2CCO[C@H](/C=C/C(=O)O)C2)NC(c2nc(C)cs2)=N[C@H]1c1ccc(F)cc1Cl.COC(=O)C1=C(CN2CCO[C@H](/C=C/C(=O)O)C2)NC(c2nccs2)=N[C@H]1c1ccc(F)cc1C. The van der Waals surface area contributed by atoms with Crippen LogP contribution >= 0.6 is 57.2 Å². The molecule has 6 N–H and O–H groups in total. The zero-order valence-corrected chi connectivity index (χ0v) is 62.3. The molecule has 6 aliphatic rings. The molecule has 6 atom stereocenters. The molecule has 0 amide bonds. The Kier molecular flexibility index (Phi) is 27.8. The van der Waals surface area contributed by atoms with E-state index < -0.39 is 83.9 Å². The summed E-state index contributed by atoms with van der Waals surface area (Å²) in [6.45, 7) is 10.6. The summed E-state index contributed by atoms with van der Waals surface area (Å²) in [5, 5.41) is 44.4. The number of benzene rings is 3. The van der Waals surface area contributed by atoms with Crippen LogP contribution in [0, 0.1) is 38.2 Å². The number of hydrogen-bond acceptors (Lipinski definition) is 27. The van der Waals surface area contributed by atoms with Crippen LogP contribution in [0.4, 0.5) is 13.2 Å². The summed E-state index contributed by atoms with van der Waals surface area (Å²) in [7, 11) is 3.87. The maximum atomic E-state index is 13.9. The lowest BCUT2D eigenvalue weighted by atomic mass is 9.92. The number of carbonyl (C=O) groups is 6. The average molecular weight is 1570 g/mol. The second kappa shape index (κ2) is 37.2. The standard InChI is InChI=1S/2C24H24ClFN4O5S.C24H25FN4O5S/c2*1-13-12-36-23(27-13)22-28-18(11-30-7-8-35-15(10-30)4-6-19(31)32)20(24(33)34-2)21(29-22)16-5-3-14(26)9-17(16)25;1-14-11-15(25)3-5-17(14)21-20(24(32)33-2)18(27-22(28-21)23-26-7-10-35-23)13-29-8-9-34-16(12-29)4-6-19(30)31/h2*3-6,9,12,15,21H,7-8,10-11H2,1-2H3,(H,28,29)(H,31,32);3-7,10-11,16,21H,8-9,12-13H2,1-2H3,(H,27,28)(H,30,31)/b3*6-4+/t2*15-,21+;16-,21+/m111/s1. The van der Waals surface area contributed by atoms with Gasteiger partial charge in [-0.25, -0.2) is 56.9 Å². The number of morpholine rings is 3. The number of aliphatic carboxylic acids is 3. The van der Waals surface area contributed by atoms with Crippen LogP contribution in [0.5, 0.6) is 0 Å². The first kappa shape index (κ1) is 79.9. The number of aryl methyl sites for hydroxylation is 3. The third-order valence-corrected chi connectivity index (χ3v) is 20.3. The van der Waals surface area contributed by atoms with Crippen LogP contribution in [0.1, 0.15) is 66.8 Å². The van der Waals surface area contributed by atoms with Crippen molar-refractivity contribution in [2.75, 3.05) is 100 Å². The lowest BCUT2D eigenvalue weighted by molar-refractivity contribution is -0.137. The van der Waals surface area contributed by atoms with Gasteiger partial charge in [-0.15, -0.1) is 34.0 Å². The molecule has 0 bridgehead atoms. The molecule has 35 heteroatoms. The minimum absolute atomic E-state index is 0.131. The zero-order chi connectivity index (χ0) is 76.6. The van der Waals surface area contributed by atoms with Crippen LogP contribution in [0.15, 0.2) is 162 Å². The van der Waals surface area contributed by atoms with E-state index in [-0.39, 0.29) is 27.0 Å². The van der Waals surface area contributed by atoms with Crippen LogP contribution < -0.4 is 16.0 Å². The van der Waals surface area contributed by atoms with Crippen molar-refractivity contribution in [2.24, 2.45) is 15.0 Å². The van der Waals surface area contributed by atoms with Gasteiger partial charge in [-0.1, -0.05) is 41.4 Å². The number of thiazole rings is 3. The Labute approximate surface area is 633 Å². The molecule has 27 nitrogen and oxygen atoms in total. The normalized spacial score (nSPS) is 20.9. The van der Waals surface area contributed by atoms with E-state index in [1.807, 2.05) is 39.8 Å². The predicted octanol–water partition coefficient (Wildman–Crippen LogP) is 8.66. The highest BCUT2D eigenvalue weighted by Gasteiger charge is 2.39. The van der Waals surface area contributed by atoms with Gasteiger partial charge >= 0.3 is 35.8 Å². The molecule has 3 saturated heterocycles. The first-order valence-corrected chi connectivity index (χ1v) is 36.4. The molecule has 107 heavy (non-hydrogen) atoms. The Morgan fingerprint density at radius 3 is 1.18 bits per heavy atom. The third kappa shape index (κ3) is 21.2. The lowest BCUT2D eigenvalue weighted by Gasteiger charge is -2.34. The lowest BCUT2D eigenvalue weighted by Crippen LogP contribution is -2.46. The molecule has 6 aliphatic heterocycles. The van der Waals surface area contributed by atoms with E-state index in [4.69, 9.17) is 81.9 Å². The zero-order valence-electron chi connectivity index (χ0n) is 58.3. The first-order valence-electron chi connectivity index (χ1n) is 33.0. The number of carboxylic acid groups (broad SMARTS) is 3. The summed E-state index contributed by atoms with van der Waals surface area (Å²) in [6, 6.07) is 9.85. The first-order chi connectivity index (χ1) is 51.3. The Bertz CT molecular complexity index is 4430. The Morgan fingerprint density at radius 1 is 0.523 bits per heavy atom. The monoisotopic (exact) mass is 1570 g/mol. The molecule has 3 aromatic carbocycles. The van der Waals surface area contributed by atoms with Crippen molar-refractivity contribution in [2.45, 2.75) is 57.2 Å². The molecule has 6 aromatic rings. The van der Waals surface area contributed by atoms with Crippen molar-refractivity contribution in [3.63, 3.8) is 0 Å². The maximum absolute atomic E-state index is 13.9. The number of hydrogen-bond donors (Lipinski definition) is 6. The summed E-state index contributed by atoms with van der Waals surface area (Å²) < 4.78 is 73.7. The fourth-order valence-corrected chi connectivity index (χ4v) is 14.7. The van der Waals surface area contributed by atoms with Crippen molar-refractivity contribution < 1.29 is 85.7 Å². The number of nitrogens with one attached hydrogen (secondary N) is 3. The molecule has 12 rings (SSSR count). The molecular formula is C72H73Cl2F3N12O15S3. The summed E-state index contributed by atoms with van der Waals surface area (Å²) in [6.07, 6.45) is 8.09. The van der Waals surface area contributed by atoms with Crippen molar-refractivity contribution in [3.05, 3.63) is 223 Å². The van der Waals surface area contributed by atoms with Crippen molar-refractivity contribution in [1.29, 1.82) is 0 Å². The summed E-state index contributed by atoms with van der Waals surface area (Å²) in [5.41, 5.74) is 6.36. The number of esters is 3. The van der Waals surface area contributed by atoms with Crippen LogP contribution in [0.3, 0.4) is 0 Å². The van der Waals surface area contributed by atoms with Crippen LogP contribution in [0.25, 0.3) is 0 Å². The predicted molar refractivity (Wildman–Crippen MR) is 393 cm³/mol. The Hall–Kier alpha value is -9.65. The smallest absolute Gasteiger partial charge is 0.338 e. The van der Waals surface area contributed by atoms with Gasteiger partial charge in [-0.2, -0.15) is 0 Å². The molecule has 0 saturated carbocycles. The van der Waals surface area contributed by atoms with E-state index in [0.29, 0.717) is 156 Å². The topological polar surface area (TPSA) is 340 Å².